The Bertz CT molecular complexity index is 346. The molecule has 1 fully saturated rings. The first-order valence-electron chi connectivity index (χ1n) is 5.98. The molecule has 1 atom stereocenters. The fraction of sp³-hybridized carbons (Fsp3) is 0.538. The van der Waals surface area contributed by atoms with E-state index < -0.39 is 0 Å². The average molecular weight is 221 g/mol. The summed E-state index contributed by atoms with van der Waals surface area (Å²) >= 11 is 0. The predicted octanol–water partition coefficient (Wildman–Crippen LogP) is 2.68. The van der Waals surface area contributed by atoms with E-state index in [1.165, 1.54) is 0 Å². The number of hydrogen-bond donors (Lipinski definition) is 1. The van der Waals surface area contributed by atoms with Gasteiger partial charge < -0.3 is 14.8 Å². The van der Waals surface area contributed by atoms with Crippen molar-refractivity contribution in [3.63, 3.8) is 0 Å². The van der Waals surface area contributed by atoms with Crippen molar-refractivity contribution in [1.82, 2.24) is 0 Å². The Morgan fingerprint density at radius 3 is 2.81 bits per heavy atom. The molecule has 2 aliphatic heterocycles. The minimum atomic E-state index is -0.117. The highest BCUT2D eigenvalue weighted by Gasteiger charge is 2.40. The molecule has 3 rings (SSSR count). The van der Waals surface area contributed by atoms with Crippen molar-refractivity contribution in [2.75, 3.05) is 25.1 Å². The van der Waals surface area contributed by atoms with Crippen molar-refractivity contribution < 1.29 is 9.47 Å². The normalized spacial score (nSPS) is 26.1. The molecule has 1 N–H and O–H groups in total. The van der Waals surface area contributed by atoms with Crippen LogP contribution in [-0.2, 0) is 4.74 Å². The maximum atomic E-state index is 5.99. The van der Waals surface area contributed by atoms with Crippen molar-refractivity contribution in [2.24, 2.45) is 0 Å². The summed E-state index contributed by atoms with van der Waals surface area (Å²) in [6.45, 7) is 6.36. The summed E-state index contributed by atoms with van der Waals surface area (Å²) in [6.07, 6.45) is 0.980. The topological polar surface area (TPSA) is 30.5 Å². The second kappa shape index (κ2) is 4.74. The molecule has 0 amide bonds. The molecule has 0 bridgehead atoms. The largest absolute Gasteiger partial charge is 0.481 e. The minimum Gasteiger partial charge on any atom is -0.481 e. The molecule has 1 spiro atoms. The molecule has 1 saturated heterocycles. The highest BCUT2D eigenvalue weighted by atomic mass is 16.6. The van der Waals surface area contributed by atoms with Crippen LogP contribution in [0.4, 0.5) is 5.69 Å². The van der Waals surface area contributed by atoms with Gasteiger partial charge in [0.1, 0.15) is 5.75 Å². The molecule has 0 saturated carbocycles. The van der Waals surface area contributed by atoms with Gasteiger partial charge in [0, 0.05) is 6.42 Å². The Morgan fingerprint density at radius 1 is 1.25 bits per heavy atom. The monoisotopic (exact) mass is 221 g/mol. The van der Waals surface area contributed by atoms with E-state index in [0.717, 1.165) is 31.0 Å². The molecule has 3 nitrogen and oxygen atoms in total. The second-order valence-electron chi connectivity index (χ2n) is 3.94. The molecule has 16 heavy (non-hydrogen) atoms. The third kappa shape index (κ3) is 2.00. The quantitative estimate of drug-likeness (QED) is 0.730. The van der Waals surface area contributed by atoms with Gasteiger partial charge in [-0.3, -0.25) is 0 Å². The highest BCUT2D eigenvalue weighted by Crippen LogP contribution is 2.35. The highest BCUT2D eigenvalue weighted by molar-refractivity contribution is 5.58. The van der Waals surface area contributed by atoms with Crippen LogP contribution in [0.1, 0.15) is 20.3 Å². The van der Waals surface area contributed by atoms with Crippen LogP contribution in [0.2, 0.25) is 0 Å². The van der Waals surface area contributed by atoms with Crippen molar-refractivity contribution in [3.8, 4) is 5.75 Å². The molecular formula is C13H19NO2. The molecule has 2 heterocycles. The van der Waals surface area contributed by atoms with Crippen molar-refractivity contribution in [2.45, 2.75) is 25.9 Å². The third-order valence-electron chi connectivity index (χ3n) is 2.88. The average Bonchev–Trinajstić information content (AvgIpc) is 2.80. The van der Waals surface area contributed by atoms with Crippen LogP contribution in [0.25, 0.3) is 0 Å². The van der Waals surface area contributed by atoms with Gasteiger partial charge in [0.05, 0.1) is 25.4 Å². The van der Waals surface area contributed by atoms with Gasteiger partial charge in [-0.25, -0.2) is 0 Å². The van der Waals surface area contributed by atoms with Crippen LogP contribution in [0, 0.1) is 0 Å². The maximum absolute atomic E-state index is 5.99. The molecule has 0 aliphatic carbocycles. The number of benzene rings is 1. The third-order valence-corrected chi connectivity index (χ3v) is 2.88. The first kappa shape index (κ1) is 11.3. The Morgan fingerprint density at radius 2 is 2.06 bits per heavy atom. The van der Waals surface area contributed by atoms with Crippen molar-refractivity contribution in [3.05, 3.63) is 24.3 Å². The zero-order chi connectivity index (χ0) is 11.4. The summed E-state index contributed by atoms with van der Waals surface area (Å²) in [5, 5.41) is 3.39. The second-order valence-corrected chi connectivity index (χ2v) is 3.94. The van der Waals surface area contributed by atoms with Gasteiger partial charge in [-0.1, -0.05) is 26.0 Å². The van der Waals surface area contributed by atoms with Gasteiger partial charge in [0.2, 0.25) is 0 Å². The molecular weight excluding hydrogens is 202 g/mol. The fourth-order valence-corrected chi connectivity index (χ4v) is 2.04. The number of fused-ring (bicyclic) bond motifs is 1. The van der Waals surface area contributed by atoms with E-state index >= 15 is 0 Å². The van der Waals surface area contributed by atoms with Crippen molar-refractivity contribution in [1.29, 1.82) is 0 Å². The van der Waals surface area contributed by atoms with Crippen LogP contribution >= 0.6 is 0 Å². The van der Waals surface area contributed by atoms with E-state index in [-0.39, 0.29) is 5.60 Å². The van der Waals surface area contributed by atoms with Crippen LogP contribution in [0.5, 0.6) is 5.75 Å². The van der Waals surface area contributed by atoms with Gasteiger partial charge in [-0.15, -0.1) is 0 Å². The molecule has 0 radical (unpaired) electrons. The number of hydrogen-bond acceptors (Lipinski definition) is 3. The number of nitrogens with one attached hydrogen (secondary N) is 1. The van der Waals surface area contributed by atoms with Gasteiger partial charge >= 0.3 is 0 Å². The maximum Gasteiger partial charge on any atom is 0.151 e. The number of ether oxygens (including phenoxy) is 2. The van der Waals surface area contributed by atoms with E-state index in [4.69, 9.17) is 9.47 Å². The SMILES string of the molecule is CC.c1ccc2c(c1)NCC1(CCOC1)O2. The van der Waals surface area contributed by atoms with E-state index in [0.29, 0.717) is 6.61 Å². The van der Waals surface area contributed by atoms with Crippen LogP contribution in [-0.4, -0.2) is 25.4 Å². The zero-order valence-electron chi connectivity index (χ0n) is 9.95. The molecule has 1 aromatic rings. The Balaban J connectivity index is 0.000000457. The minimum absolute atomic E-state index is 0.117. The molecule has 3 heteroatoms. The molecule has 0 aromatic heterocycles. The van der Waals surface area contributed by atoms with Gasteiger partial charge in [0.25, 0.3) is 0 Å². The first-order valence-corrected chi connectivity index (χ1v) is 5.98. The Hall–Kier alpha value is -1.22. The van der Waals surface area contributed by atoms with E-state index in [1.807, 2.05) is 38.1 Å². The van der Waals surface area contributed by atoms with Crippen molar-refractivity contribution >= 4 is 5.69 Å². The molecule has 1 aromatic carbocycles. The fourth-order valence-electron chi connectivity index (χ4n) is 2.04. The standard InChI is InChI=1S/C11H13NO2.C2H6/c1-2-4-10-9(3-1)12-7-11(14-10)5-6-13-8-11;1-2/h1-4,12H,5-8H2;1-2H3. The Kier molecular flexibility index (Phi) is 3.34. The van der Waals surface area contributed by atoms with Gasteiger partial charge in [-0.05, 0) is 12.1 Å². The van der Waals surface area contributed by atoms with Crippen LogP contribution in [0.3, 0.4) is 0 Å². The lowest BCUT2D eigenvalue weighted by atomic mass is 10.0. The molecule has 88 valence electrons. The number of anilines is 1. The summed E-state index contributed by atoms with van der Waals surface area (Å²) in [5.41, 5.74) is 0.971. The summed E-state index contributed by atoms with van der Waals surface area (Å²) in [5.74, 6) is 0.948. The zero-order valence-corrected chi connectivity index (χ0v) is 9.95. The summed E-state index contributed by atoms with van der Waals surface area (Å²) in [7, 11) is 0. The Labute approximate surface area is 96.8 Å². The lowest BCUT2D eigenvalue weighted by molar-refractivity contribution is 0.0560. The smallest absolute Gasteiger partial charge is 0.151 e. The predicted molar refractivity (Wildman–Crippen MR) is 65.1 cm³/mol. The van der Waals surface area contributed by atoms with E-state index in [9.17, 15) is 0 Å². The lowest BCUT2D eigenvalue weighted by Gasteiger charge is -2.34. The van der Waals surface area contributed by atoms with Gasteiger partial charge in [0.15, 0.2) is 5.60 Å². The lowest BCUT2D eigenvalue weighted by Crippen LogP contribution is -2.46. The number of para-hydroxylation sites is 2. The number of rotatable bonds is 0. The molecule has 1 unspecified atom stereocenters. The van der Waals surface area contributed by atoms with Crippen LogP contribution in [0.15, 0.2) is 24.3 Å². The van der Waals surface area contributed by atoms with E-state index in [1.54, 1.807) is 0 Å². The summed E-state index contributed by atoms with van der Waals surface area (Å²) < 4.78 is 11.4. The first-order chi connectivity index (χ1) is 7.88. The molecule has 2 aliphatic rings. The summed E-state index contributed by atoms with van der Waals surface area (Å²) in [6, 6.07) is 8.05. The van der Waals surface area contributed by atoms with Crippen LogP contribution < -0.4 is 10.1 Å². The summed E-state index contributed by atoms with van der Waals surface area (Å²) in [4.78, 5) is 0. The van der Waals surface area contributed by atoms with Gasteiger partial charge in [-0.2, -0.15) is 0 Å². The van der Waals surface area contributed by atoms with E-state index in [2.05, 4.69) is 5.32 Å².